The van der Waals surface area contributed by atoms with Crippen LogP contribution < -0.4 is 11.1 Å². The lowest BCUT2D eigenvalue weighted by Gasteiger charge is -2.11. The molecule has 0 saturated heterocycles. The molecule has 0 radical (unpaired) electrons. The second kappa shape index (κ2) is 8.58. The molecular formula is C23H18FN3O3S. The summed E-state index contributed by atoms with van der Waals surface area (Å²) in [6.07, 6.45) is 4.83. The van der Waals surface area contributed by atoms with Crippen LogP contribution >= 0.6 is 11.3 Å². The molecule has 0 bridgehead atoms. The Balaban J connectivity index is 1.60. The number of nitrogens with two attached hydrogens (primary N) is 1. The van der Waals surface area contributed by atoms with Crippen molar-refractivity contribution in [3.63, 3.8) is 0 Å². The predicted octanol–water partition coefficient (Wildman–Crippen LogP) is 4.67. The van der Waals surface area contributed by atoms with Crippen molar-refractivity contribution >= 4 is 34.2 Å². The third kappa shape index (κ3) is 4.13. The predicted molar refractivity (Wildman–Crippen MR) is 116 cm³/mol. The van der Waals surface area contributed by atoms with E-state index in [1.165, 1.54) is 23.5 Å². The molecule has 0 saturated carbocycles. The summed E-state index contributed by atoms with van der Waals surface area (Å²) >= 11 is 1.32. The first-order chi connectivity index (χ1) is 15.0. The molecule has 1 aromatic carbocycles. The molecule has 0 unspecified atom stereocenters. The molecular weight excluding hydrogens is 417 g/mol. The van der Waals surface area contributed by atoms with E-state index in [-0.39, 0.29) is 22.7 Å². The van der Waals surface area contributed by atoms with Crippen LogP contribution in [0.15, 0.2) is 46.4 Å². The third-order valence-electron chi connectivity index (χ3n) is 5.06. The van der Waals surface area contributed by atoms with Gasteiger partial charge in [0.05, 0.1) is 11.1 Å². The van der Waals surface area contributed by atoms with Crippen LogP contribution in [0.5, 0.6) is 0 Å². The van der Waals surface area contributed by atoms with Crippen LogP contribution in [-0.4, -0.2) is 11.8 Å². The van der Waals surface area contributed by atoms with Crippen LogP contribution in [0.2, 0.25) is 0 Å². The first kappa shape index (κ1) is 20.6. The molecule has 0 atom stereocenters. The quantitative estimate of drug-likeness (QED) is 0.448. The Hall–Kier alpha value is -3.70. The highest BCUT2D eigenvalue weighted by atomic mass is 32.1. The number of rotatable bonds is 5. The number of fused-ring (bicyclic) bond motifs is 1. The summed E-state index contributed by atoms with van der Waals surface area (Å²) in [5.41, 5.74) is 6.83. The van der Waals surface area contributed by atoms with Gasteiger partial charge in [0.25, 0.3) is 11.8 Å². The number of carbonyl (C=O) groups is 2. The lowest BCUT2D eigenvalue weighted by Crippen LogP contribution is -2.19. The van der Waals surface area contributed by atoms with Crippen molar-refractivity contribution in [2.45, 2.75) is 25.7 Å². The van der Waals surface area contributed by atoms with E-state index in [0.717, 1.165) is 36.1 Å². The average molecular weight is 435 g/mol. The van der Waals surface area contributed by atoms with E-state index in [1.54, 1.807) is 30.3 Å². The number of primary amides is 1. The van der Waals surface area contributed by atoms with Crippen LogP contribution in [0.4, 0.5) is 9.39 Å². The Morgan fingerprint density at radius 1 is 1.19 bits per heavy atom. The van der Waals surface area contributed by atoms with Crippen LogP contribution in [0, 0.1) is 17.1 Å². The van der Waals surface area contributed by atoms with E-state index in [2.05, 4.69) is 5.32 Å². The van der Waals surface area contributed by atoms with E-state index in [4.69, 9.17) is 10.2 Å². The van der Waals surface area contributed by atoms with Crippen molar-refractivity contribution in [3.8, 4) is 17.4 Å². The van der Waals surface area contributed by atoms with Gasteiger partial charge in [-0.3, -0.25) is 9.59 Å². The summed E-state index contributed by atoms with van der Waals surface area (Å²) in [5, 5.41) is 12.5. The molecule has 156 valence electrons. The van der Waals surface area contributed by atoms with Gasteiger partial charge in [0, 0.05) is 11.0 Å². The number of thiophene rings is 1. The monoisotopic (exact) mass is 435 g/mol. The minimum Gasteiger partial charge on any atom is -0.457 e. The molecule has 3 aromatic rings. The van der Waals surface area contributed by atoms with Gasteiger partial charge in [-0.1, -0.05) is 12.1 Å². The number of aryl methyl sites for hydroxylation is 1. The number of anilines is 1. The Bertz CT molecular complexity index is 1250. The number of hydrogen-bond donors (Lipinski definition) is 2. The maximum absolute atomic E-state index is 14.0. The van der Waals surface area contributed by atoms with Crippen LogP contribution in [-0.2, 0) is 17.6 Å². The zero-order valence-corrected chi connectivity index (χ0v) is 17.2. The summed E-state index contributed by atoms with van der Waals surface area (Å²) in [5.74, 6) is -1.20. The molecule has 3 N–H and O–H groups in total. The third-order valence-corrected chi connectivity index (χ3v) is 6.27. The van der Waals surface area contributed by atoms with Crippen molar-refractivity contribution in [2.24, 2.45) is 5.73 Å². The lowest BCUT2D eigenvalue weighted by atomic mass is 9.95. The lowest BCUT2D eigenvalue weighted by molar-refractivity contribution is -0.112. The Morgan fingerprint density at radius 3 is 2.71 bits per heavy atom. The molecule has 0 fully saturated rings. The Morgan fingerprint density at radius 2 is 1.97 bits per heavy atom. The number of halogens is 1. The molecule has 1 aliphatic rings. The first-order valence-corrected chi connectivity index (χ1v) is 10.5. The highest BCUT2D eigenvalue weighted by molar-refractivity contribution is 7.17. The number of hydrogen-bond acceptors (Lipinski definition) is 5. The summed E-state index contributed by atoms with van der Waals surface area (Å²) in [6.45, 7) is 0. The zero-order chi connectivity index (χ0) is 22.0. The maximum atomic E-state index is 14.0. The van der Waals surface area contributed by atoms with Crippen molar-refractivity contribution in [2.75, 3.05) is 5.32 Å². The standard InChI is InChI=1S/C23H18FN3O3S/c24-17-7-3-1-5-15(17)18-10-9-14(30-18)11-13(12-25)22(29)27-23-20(21(26)28)16-6-2-4-8-19(16)31-23/h1,3,5,7,9-11H,2,4,6,8H2,(H2,26,28)(H,27,29). The second-order valence-electron chi connectivity index (χ2n) is 7.09. The number of carbonyl (C=O) groups excluding carboxylic acids is 2. The topological polar surface area (TPSA) is 109 Å². The van der Waals surface area contributed by atoms with Crippen LogP contribution in [0.1, 0.15) is 39.4 Å². The van der Waals surface area contributed by atoms with Gasteiger partial charge in [-0.25, -0.2) is 4.39 Å². The number of amides is 2. The van der Waals surface area contributed by atoms with Crippen LogP contribution in [0.25, 0.3) is 17.4 Å². The summed E-state index contributed by atoms with van der Waals surface area (Å²) < 4.78 is 19.5. The molecule has 8 heteroatoms. The minimum absolute atomic E-state index is 0.212. The molecule has 2 aromatic heterocycles. The highest BCUT2D eigenvalue weighted by Gasteiger charge is 2.25. The molecule has 1 aliphatic carbocycles. The van der Waals surface area contributed by atoms with E-state index in [0.29, 0.717) is 10.6 Å². The van der Waals surface area contributed by atoms with E-state index in [1.807, 2.05) is 6.07 Å². The minimum atomic E-state index is -0.674. The van der Waals surface area contributed by atoms with Gasteiger partial charge in [0.15, 0.2) is 0 Å². The molecule has 0 spiro atoms. The SMILES string of the molecule is N#CC(=Cc1ccc(-c2ccccc2F)o1)C(=O)Nc1sc2c(c1C(N)=O)CCCC2. The van der Waals surface area contributed by atoms with Crippen molar-refractivity contribution in [1.82, 2.24) is 0 Å². The smallest absolute Gasteiger partial charge is 0.267 e. The fourth-order valence-corrected chi connectivity index (χ4v) is 4.90. The van der Waals surface area contributed by atoms with Gasteiger partial charge in [-0.05, 0) is 55.5 Å². The maximum Gasteiger partial charge on any atom is 0.267 e. The van der Waals surface area contributed by atoms with E-state index < -0.39 is 17.6 Å². The van der Waals surface area contributed by atoms with Crippen LogP contribution in [0.3, 0.4) is 0 Å². The van der Waals surface area contributed by atoms with E-state index in [9.17, 15) is 19.2 Å². The number of furan rings is 1. The average Bonchev–Trinajstić information content (AvgIpc) is 3.36. The molecule has 6 nitrogen and oxygen atoms in total. The van der Waals surface area contributed by atoms with Gasteiger partial charge in [-0.15, -0.1) is 11.3 Å². The van der Waals surface area contributed by atoms with Crippen molar-refractivity contribution in [1.29, 1.82) is 5.26 Å². The van der Waals surface area contributed by atoms with Gasteiger partial charge in [0.2, 0.25) is 0 Å². The first-order valence-electron chi connectivity index (χ1n) is 9.70. The van der Waals surface area contributed by atoms with E-state index >= 15 is 0 Å². The van der Waals surface area contributed by atoms with Gasteiger partial charge in [0.1, 0.15) is 34.0 Å². The van der Waals surface area contributed by atoms with Gasteiger partial charge >= 0.3 is 0 Å². The Kier molecular flexibility index (Phi) is 5.69. The van der Waals surface area contributed by atoms with Gasteiger partial charge < -0.3 is 15.5 Å². The van der Waals surface area contributed by atoms with Gasteiger partial charge in [-0.2, -0.15) is 5.26 Å². The number of benzene rings is 1. The summed E-state index contributed by atoms with van der Waals surface area (Å²) in [6, 6.07) is 11.1. The fourth-order valence-electron chi connectivity index (χ4n) is 3.61. The molecule has 0 aliphatic heterocycles. The number of nitrogens with one attached hydrogen (secondary N) is 1. The normalized spacial score (nSPS) is 13.4. The molecule has 2 heterocycles. The Labute approximate surface area is 181 Å². The largest absolute Gasteiger partial charge is 0.457 e. The summed E-state index contributed by atoms with van der Waals surface area (Å²) in [7, 11) is 0. The fraction of sp³-hybridized carbons (Fsp3) is 0.174. The molecule has 4 rings (SSSR count). The highest BCUT2D eigenvalue weighted by Crippen LogP contribution is 2.38. The molecule has 2 amide bonds. The van der Waals surface area contributed by atoms with Crippen molar-refractivity contribution < 1.29 is 18.4 Å². The van der Waals surface area contributed by atoms with Crippen molar-refractivity contribution in [3.05, 3.63) is 69.6 Å². The second-order valence-corrected chi connectivity index (χ2v) is 8.19. The number of nitrogens with zero attached hydrogens (tertiary/aromatic N) is 1. The molecule has 31 heavy (non-hydrogen) atoms. The number of nitriles is 1. The zero-order valence-electron chi connectivity index (χ0n) is 16.4. The summed E-state index contributed by atoms with van der Waals surface area (Å²) in [4.78, 5) is 25.7.